The first-order valence-electron chi connectivity index (χ1n) is 9.21. The molecule has 1 fully saturated rings. The van der Waals surface area contributed by atoms with Crippen LogP contribution in [0.25, 0.3) is 22.6 Å². The number of imidazole rings is 1. The molecule has 3 aromatic heterocycles. The normalized spacial score (nSPS) is 15.2. The van der Waals surface area contributed by atoms with Crippen molar-refractivity contribution in [3.05, 3.63) is 60.6 Å². The number of aryl methyl sites for hydroxylation is 2. The number of nitrogens with zero attached hydrogens (tertiary/aromatic N) is 6. The Labute approximate surface area is 157 Å². The Balaban J connectivity index is 1.73. The number of hydrogen-bond acceptors (Lipinski definition) is 4. The molecular weight excluding hydrogens is 338 g/mol. The molecule has 1 saturated carbocycles. The summed E-state index contributed by atoms with van der Waals surface area (Å²) < 4.78 is 4.10. The van der Waals surface area contributed by atoms with Gasteiger partial charge in [0.25, 0.3) is 0 Å². The zero-order valence-corrected chi connectivity index (χ0v) is 15.4. The molecule has 0 saturated heterocycles. The Kier molecular flexibility index (Phi) is 3.67. The van der Waals surface area contributed by atoms with E-state index in [4.69, 9.17) is 4.98 Å². The van der Waals surface area contributed by atoms with E-state index in [-0.39, 0.29) is 6.04 Å². The zero-order chi connectivity index (χ0) is 18.4. The second kappa shape index (κ2) is 6.19. The van der Waals surface area contributed by atoms with Crippen molar-refractivity contribution in [2.45, 2.75) is 25.8 Å². The zero-order valence-electron chi connectivity index (χ0n) is 15.4. The summed E-state index contributed by atoms with van der Waals surface area (Å²) in [5, 5.41) is 11.9. The second-order valence-electron chi connectivity index (χ2n) is 7.18. The number of aromatic nitrogens is 7. The van der Waals surface area contributed by atoms with Crippen LogP contribution in [0.5, 0.6) is 0 Å². The first-order valence-corrected chi connectivity index (χ1v) is 9.21. The molecule has 0 aliphatic heterocycles. The van der Waals surface area contributed by atoms with E-state index in [1.807, 2.05) is 43.2 Å². The van der Waals surface area contributed by atoms with Gasteiger partial charge in [-0.15, -0.1) is 0 Å². The lowest BCUT2D eigenvalue weighted by Gasteiger charge is -2.20. The first-order chi connectivity index (χ1) is 13.2. The van der Waals surface area contributed by atoms with Gasteiger partial charge in [-0.3, -0.25) is 9.78 Å². The Morgan fingerprint density at radius 2 is 1.96 bits per heavy atom. The van der Waals surface area contributed by atoms with Crippen molar-refractivity contribution in [3.63, 3.8) is 0 Å². The third-order valence-corrected chi connectivity index (χ3v) is 5.17. The van der Waals surface area contributed by atoms with Crippen molar-refractivity contribution in [1.82, 2.24) is 34.5 Å². The average molecular weight is 359 g/mol. The summed E-state index contributed by atoms with van der Waals surface area (Å²) in [5.74, 6) is 1.51. The van der Waals surface area contributed by atoms with Gasteiger partial charge in [0.1, 0.15) is 17.8 Å². The Morgan fingerprint density at radius 3 is 2.59 bits per heavy atom. The van der Waals surface area contributed by atoms with Crippen molar-refractivity contribution in [2.75, 3.05) is 0 Å². The highest BCUT2D eigenvalue weighted by atomic mass is 15.3. The van der Waals surface area contributed by atoms with Crippen LogP contribution in [0.4, 0.5) is 0 Å². The fourth-order valence-electron chi connectivity index (χ4n) is 3.72. The van der Waals surface area contributed by atoms with Gasteiger partial charge in [-0.1, -0.05) is 30.3 Å². The van der Waals surface area contributed by atoms with Crippen LogP contribution in [0.1, 0.15) is 30.4 Å². The maximum atomic E-state index is 4.79. The summed E-state index contributed by atoms with van der Waals surface area (Å²) in [4.78, 5) is 9.35. The lowest BCUT2D eigenvalue weighted by atomic mass is 10.1. The summed E-state index contributed by atoms with van der Waals surface area (Å²) in [6.07, 6.45) is 5.93. The molecule has 7 heteroatoms. The molecule has 7 nitrogen and oxygen atoms in total. The molecule has 4 aromatic rings. The topological polar surface area (TPSA) is 77.2 Å². The lowest BCUT2D eigenvalue weighted by Crippen LogP contribution is -2.18. The van der Waals surface area contributed by atoms with Crippen molar-refractivity contribution in [3.8, 4) is 22.6 Å². The van der Waals surface area contributed by atoms with Crippen LogP contribution in [-0.4, -0.2) is 34.5 Å². The van der Waals surface area contributed by atoms with Gasteiger partial charge in [0.05, 0.1) is 23.8 Å². The van der Waals surface area contributed by atoms with Crippen molar-refractivity contribution < 1.29 is 0 Å². The number of nitrogens with one attached hydrogen (secondary N) is 1. The molecule has 0 radical (unpaired) electrons. The van der Waals surface area contributed by atoms with Gasteiger partial charge in [-0.2, -0.15) is 10.2 Å². The standard InChI is InChI=1S/C20H21N7/c1-13-10-16(25-24-13)19-17(14-6-4-3-5-7-14)22-12-27(19)18(15-8-9-15)20-21-11-23-26(20)2/h3-7,10-12,15,18H,8-9H2,1-2H3,(H,24,25)/t18-/m0/s1. The summed E-state index contributed by atoms with van der Waals surface area (Å²) in [7, 11) is 1.95. The van der Waals surface area contributed by atoms with E-state index >= 15 is 0 Å². The Bertz CT molecular complexity index is 1070. The maximum Gasteiger partial charge on any atom is 0.150 e. The van der Waals surface area contributed by atoms with Crippen LogP contribution >= 0.6 is 0 Å². The van der Waals surface area contributed by atoms with E-state index in [2.05, 4.69) is 43.0 Å². The molecule has 1 aliphatic rings. The highest BCUT2D eigenvalue weighted by Crippen LogP contribution is 2.45. The van der Waals surface area contributed by atoms with Crippen molar-refractivity contribution >= 4 is 0 Å². The third kappa shape index (κ3) is 2.75. The summed E-state index contributed by atoms with van der Waals surface area (Å²) in [6, 6.07) is 12.4. The van der Waals surface area contributed by atoms with E-state index in [1.165, 1.54) is 12.8 Å². The van der Waals surface area contributed by atoms with Crippen LogP contribution in [0.15, 0.2) is 49.1 Å². The summed E-state index contributed by atoms with van der Waals surface area (Å²) in [5.41, 5.74) is 4.97. The van der Waals surface area contributed by atoms with E-state index < -0.39 is 0 Å². The summed E-state index contributed by atoms with van der Waals surface area (Å²) in [6.45, 7) is 2.01. The van der Waals surface area contributed by atoms with Crippen LogP contribution in [0.2, 0.25) is 0 Å². The lowest BCUT2D eigenvalue weighted by molar-refractivity contribution is 0.472. The molecule has 27 heavy (non-hydrogen) atoms. The SMILES string of the molecule is Cc1cc(-c2c(-c3ccccc3)ncn2[C@H](c2ncnn2C)C2CC2)n[nH]1. The van der Waals surface area contributed by atoms with Gasteiger partial charge in [-0.25, -0.2) is 9.97 Å². The molecular formula is C20H21N7. The molecule has 3 heterocycles. The summed E-state index contributed by atoms with van der Waals surface area (Å²) >= 11 is 0. The fraction of sp³-hybridized carbons (Fsp3) is 0.300. The smallest absolute Gasteiger partial charge is 0.150 e. The van der Waals surface area contributed by atoms with Gasteiger partial charge in [0, 0.05) is 18.3 Å². The predicted octanol–water partition coefficient (Wildman–Crippen LogP) is 3.38. The number of hydrogen-bond donors (Lipinski definition) is 1. The van der Waals surface area contributed by atoms with Crippen LogP contribution in [-0.2, 0) is 7.05 Å². The molecule has 0 unspecified atom stereocenters. The van der Waals surface area contributed by atoms with Gasteiger partial charge in [0.2, 0.25) is 0 Å². The third-order valence-electron chi connectivity index (χ3n) is 5.17. The van der Waals surface area contributed by atoms with Crippen molar-refractivity contribution in [2.24, 2.45) is 13.0 Å². The Morgan fingerprint density at radius 1 is 1.15 bits per heavy atom. The van der Waals surface area contributed by atoms with E-state index in [0.29, 0.717) is 5.92 Å². The number of rotatable bonds is 5. The number of H-pyrrole nitrogens is 1. The minimum absolute atomic E-state index is 0.106. The highest BCUT2D eigenvalue weighted by molar-refractivity contribution is 5.77. The van der Waals surface area contributed by atoms with E-state index in [9.17, 15) is 0 Å². The molecule has 1 N–H and O–H groups in total. The minimum atomic E-state index is 0.106. The minimum Gasteiger partial charge on any atom is -0.318 e. The number of benzene rings is 1. The average Bonchev–Trinajstić information content (AvgIpc) is 3.06. The molecule has 1 aromatic carbocycles. The molecule has 0 spiro atoms. The van der Waals surface area contributed by atoms with Crippen LogP contribution in [0, 0.1) is 12.8 Å². The monoisotopic (exact) mass is 359 g/mol. The largest absolute Gasteiger partial charge is 0.318 e. The molecule has 1 atom stereocenters. The second-order valence-corrected chi connectivity index (χ2v) is 7.18. The molecule has 0 amide bonds. The molecule has 136 valence electrons. The molecule has 5 rings (SSSR count). The fourth-order valence-corrected chi connectivity index (χ4v) is 3.72. The highest BCUT2D eigenvalue weighted by Gasteiger charge is 2.38. The van der Waals surface area contributed by atoms with E-state index in [0.717, 1.165) is 34.2 Å². The molecule has 0 bridgehead atoms. The Hall–Kier alpha value is -3.22. The maximum absolute atomic E-state index is 4.79. The van der Waals surface area contributed by atoms with Gasteiger partial charge < -0.3 is 4.57 Å². The number of aromatic amines is 1. The van der Waals surface area contributed by atoms with Gasteiger partial charge in [-0.05, 0) is 31.7 Å². The van der Waals surface area contributed by atoms with E-state index in [1.54, 1.807) is 6.33 Å². The van der Waals surface area contributed by atoms with Crippen LogP contribution < -0.4 is 0 Å². The quantitative estimate of drug-likeness (QED) is 0.593. The first kappa shape index (κ1) is 16.0. The van der Waals surface area contributed by atoms with Gasteiger partial charge >= 0.3 is 0 Å². The van der Waals surface area contributed by atoms with Crippen LogP contribution in [0.3, 0.4) is 0 Å². The molecule has 1 aliphatic carbocycles. The van der Waals surface area contributed by atoms with Gasteiger partial charge in [0.15, 0.2) is 0 Å². The van der Waals surface area contributed by atoms with Crippen molar-refractivity contribution in [1.29, 1.82) is 0 Å². The predicted molar refractivity (Wildman–Crippen MR) is 102 cm³/mol.